The van der Waals surface area contributed by atoms with Gasteiger partial charge in [-0.2, -0.15) is 0 Å². The molecule has 2 rings (SSSR count). The van der Waals surface area contributed by atoms with Gasteiger partial charge in [0.05, 0.1) is 0 Å². The Morgan fingerprint density at radius 2 is 1.18 bits per heavy atom. The van der Waals surface area contributed by atoms with Gasteiger partial charge in [0.1, 0.15) is 0 Å². The van der Waals surface area contributed by atoms with Crippen LogP contribution in [0.1, 0.15) is 106 Å². The molecule has 0 aliphatic carbocycles. The highest BCUT2D eigenvalue weighted by molar-refractivity contribution is 6.71. The molecular formula is C28H58O4Si2. The van der Waals surface area contributed by atoms with E-state index in [-0.39, 0.29) is 10.1 Å². The summed E-state index contributed by atoms with van der Waals surface area (Å²) in [4.78, 5) is 0. The average molecular weight is 515 g/mol. The van der Waals surface area contributed by atoms with Gasteiger partial charge in [0, 0.05) is 38.5 Å². The summed E-state index contributed by atoms with van der Waals surface area (Å²) in [6.07, 6.45) is 12.8. The number of hydrogen-bond acceptors (Lipinski definition) is 4. The van der Waals surface area contributed by atoms with Gasteiger partial charge in [0.15, 0.2) is 0 Å². The highest BCUT2D eigenvalue weighted by Crippen LogP contribution is 2.63. The molecule has 0 aromatic heterocycles. The zero-order chi connectivity index (χ0) is 25.6. The van der Waals surface area contributed by atoms with Gasteiger partial charge >= 0.3 is 17.1 Å². The predicted molar refractivity (Wildman–Crippen MR) is 149 cm³/mol. The molecule has 0 bridgehead atoms. The molecule has 34 heavy (non-hydrogen) atoms. The smallest absolute Gasteiger partial charge is 0.344 e. The van der Waals surface area contributed by atoms with E-state index in [1.807, 2.05) is 28.4 Å². The van der Waals surface area contributed by atoms with E-state index in [2.05, 4.69) is 41.5 Å². The summed E-state index contributed by atoms with van der Waals surface area (Å²) in [6.45, 7) is 14.6. The van der Waals surface area contributed by atoms with Crippen LogP contribution in [0.3, 0.4) is 0 Å². The van der Waals surface area contributed by atoms with E-state index < -0.39 is 17.1 Å². The first-order chi connectivity index (χ1) is 16.1. The summed E-state index contributed by atoms with van der Waals surface area (Å²) in [6, 6.07) is 2.30. The zero-order valence-corrected chi connectivity index (χ0v) is 26.4. The SMILES string of the molecule is CO[Si]1(OC)CCCCC1(CCCCC(C(C)C)C1(C(C)C)CCCC[Si]1(OC)OC)C(C)C. The lowest BCUT2D eigenvalue weighted by atomic mass is 9.70. The summed E-state index contributed by atoms with van der Waals surface area (Å²) in [5.41, 5.74) is 0. The van der Waals surface area contributed by atoms with Crippen LogP contribution in [0.5, 0.6) is 0 Å². The molecule has 3 atom stereocenters. The Balaban J connectivity index is 2.25. The quantitative estimate of drug-likeness (QED) is 0.182. The molecule has 0 aromatic rings. The lowest BCUT2D eigenvalue weighted by Gasteiger charge is -2.57. The Hall–Kier alpha value is 0.274. The first-order valence-corrected chi connectivity index (χ1v) is 18.3. The molecular weight excluding hydrogens is 456 g/mol. The van der Waals surface area contributed by atoms with Gasteiger partial charge in [-0.15, -0.1) is 0 Å². The van der Waals surface area contributed by atoms with Gasteiger partial charge in [0.2, 0.25) is 0 Å². The fraction of sp³-hybridized carbons (Fsp3) is 1.00. The van der Waals surface area contributed by atoms with Crippen molar-refractivity contribution in [3.05, 3.63) is 0 Å². The molecule has 202 valence electrons. The van der Waals surface area contributed by atoms with E-state index >= 15 is 0 Å². The van der Waals surface area contributed by atoms with Gasteiger partial charge in [-0.05, 0) is 61.4 Å². The average Bonchev–Trinajstić information content (AvgIpc) is 2.83. The Morgan fingerprint density at radius 3 is 1.65 bits per heavy atom. The number of rotatable bonds is 13. The van der Waals surface area contributed by atoms with Gasteiger partial charge in [-0.25, -0.2) is 0 Å². The monoisotopic (exact) mass is 514 g/mol. The van der Waals surface area contributed by atoms with Crippen molar-refractivity contribution >= 4 is 17.1 Å². The van der Waals surface area contributed by atoms with Crippen LogP contribution in [0, 0.1) is 23.7 Å². The molecule has 2 fully saturated rings. The Labute approximate surface area is 214 Å². The van der Waals surface area contributed by atoms with E-state index in [4.69, 9.17) is 17.7 Å². The molecule has 0 radical (unpaired) electrons. The van der Waals surface area contributed by atoms with Crippen LogP contribution in [0.25, 0.3) is 0 Å². The van der Waals surface area contributed by atoms with Crippen LogP contribution in [-0.2, 0) is 17.7 Å². The second-order valence-electron chi connectivity index (χ2n) is 12.3. The molecule has 2 saturated heterocycles. The van der Waals surface area contributed by atoms with Crippen LogP contribution in [0.2, 0.25) is 22.2 Å². The molecule has 4 nitrogen and oxygen atoms in total. The zero-order valence-electron chi connectivity index (χ0n) is 24.4. The minimum Gasteiger partial charge on any atom is -0.397 e. The van der Waals surface area contributed by atoms with Crippen molar-refractivity contribution in [2.45, 2.75) is 128 Å². The van der Waals surface area contributed by atoms with Gasteiger partial charge in [-0.1, -0.05) is 80.1 Å². The van der Waals surface area contributed by atoms with Crippen molar-refractivity contribution in [3.63, 3.8) is 0 Å². The van der Waals surface area contributed by atoms with E-state index in [9.17, 15) is 0 Å². The fourth-order valence-corrected chi connectivity index (χ4v) is 18.3. The summed E-state index contributed by atoms with van der Waals surface area (Å²) >= 11 is 0. The second-order valence-corrected chi connectivity index (χ2v) is 19.9. The maximum Gasteiger partial charge on any atom is 0.344 e. The lowest BCUT2D eigenvalue weighted by molar-refractivity contribution is 0.0867. The van der Waals surface area contributed by atoms with Crippen LogP contribution in [-0.4, -0.2) is 45.6 Å². The van der Waals surface area contributed by atoms with E-state index in [1.165, 1.54) is 64.2 Å². The molecule has 0 aromatic carbocycles. The molecule has 2 heterocycles. The van der Waals surface area contributed by atoms with Crippen LogP contribution >= 0.6 is 0 Å². The van der Waals surface area contributed by atoms with Crippen LogP contribution < -0.4 is 0 Å². The molecule has 0 N–H and O–H groups in total. The topological polar surface area (TPSA) is 36.9 Å². The van der Waals surface area contributed by atoms with Crippen molar-refractivity contribution in [2.75, 3.05) is 28.4 Å². The van der Waals surface area contributed by atoms with E-state index in [1.54, 1.807) is 0 Å². The maximum absolute atomic E-state index is 6.43. The molecule has 0 amide bonds. The molecule has 2 aliphatic rings. The van der Waals surface area contributed by atoms with Gasteiger partial charge in [0.25, 0.3) is 0 Å². The highest BCUT2D eigenvalue weighted by atomic mass is 28.4. The predicted octanol–water partition coefficient (Wildman–Crippen LogP) is 8.45. The van der Waals surface area contributed by atoms with Crippen molar-refractivity contribution in [3.8, 4) is 0 Å². The van der Waals surface area contributed by atoms with Gasteiger partial charge in [-0.3, -0.25) is 0 Å². The minimum atomic E-state index is -2.29. The third kappa shape index (κ3) is 5.15. The molecule has 2 aliphatic heterocycles. The Kier molecular flexibility index (Phi) is 11.4. The standard InChI is InChI=1S/C28H58O4Si2/c1-23(2)26(28(25(5)6)20-14-16-22-34(28,31-9)32-10)17-11-12-18-27(24(3)4)19-13-15-21-33(27,29-7)30-8/h23-26H,11-22H2,1-10H3. The lowest BCUT2D eigenvalue weighted by Crippen LogP contribution is -2.60. The fourth-order valence-electron chi connectivity index (χ4n) is 8.75. The third-order valence-electron chi connectivity index (χ3n) is 10.5. The summed E-state index contributed by atoms with van der Waals surface area (Å²) in [7, 11) is 3.21. The van der Waals surface area contributed by atoms with Crippen molar-refractivity contribution in [2.24, 2.45) is 23.7 Å². The van der Waals surface area contributed by atoms with E-state index in [0.29, 0.717) is 23.7 Å². The van der Waals surface area contributed by atoms with Crippen molar-refractivity contribution < 1.29 is 17.7 Å². The first kappa shape index (κ1) is 30.5. The molecule has 0 saturated carbocycles. The van der Waals surface area contributed by atoms with Crippen molar-refractivity contribution in [1.29, 1.82) is 0 Å². The summed E-state index contributed by atoms with van der Waals surface area (Å²) in [5.74, 6) is 2.46. The summed E-state index contributed by atoms with van der Waals surface area (Å²) in [5, 5.41) is 0.432. The van der Waals surface area contributed by atoms with Crippen molar-refractivity contribution in [1.82, 2.24) is 0 Å². The Bertz CT molecular complexity index is 603. The molecule has 3 unspecified atom stereocenters. The van der Waals surface area contributed by atoms with Gasteiger partial charge < -0.3 is 17.7 Å². The third-order valence-corrected chi connectivity index (χ3v) is 20.4. The first-order valence-electron chi connectivity index (χ1n) is 14.3. The van der Waals surface area contributed by atoms with Crippen LogP contribution in [0.15, 0.2) is 0 Å². The largest absolute Gasteiger partial charge is 0.397 e. The molecule has 6 heteroatoms. The highest BCUT2D eigenvalue weighted by Gasteiger charge is 2.63. The minimum absolute atomic E-state index is 0.195. The van der Waals surface area contributed by atoms with Crippen LogP contribution in [0.4, 0.5) is 0 Å². The maximum atomic E-state index is 6.43. The number of unbranched alkanes of at least 4 members (excludes halogenated alkanes) is 1. The normalized spacial score (nSPS) is 30.3. The van der Waals surface area contributed by atoms with E-state index in [0.717, 1.165) is 12.1 Å². The second kappa shape index (κ2) is 12.7. The molecule has 0 spiro atoms. The number of hydrogen-bond donors (Lipinski definition) is 0. The Morgan fingerprint density at radius 1 is 0.647 bits per heavy atom. The summed E-state index contributed by atoms with van der Waals surface area (Å²) < 4.78 is 25.5.